The highest BCUT2D eigenvalue weighted by Crippen LogP contribution is 2.27. The quantitative estimate of drug-likeness (QED) is 0.518. The van der Waals surface area contributed by atoms with Crippen LogP contribution in [-0.2, 0) is 0 Å². The van der Waals surface area contributed by atoms with E-state index in [-0.39, 0.29) is 11.9 Å². The van der Waals surface area contributed by atoms with Gasteiger partial charge in [-0.15, -0.1) is 11.8 Å². The predicted molar refractivity (Wildman–Crippen MR) is 132 cm³/mol. The molecule has 3 aromatic rings. The van der Waals surface area contributed by atoms with Crippen molar-refractivity contribution in [1.82, 2.24) is 20.3 Å². The van der Waals surface area contributed by atoms with Crippen molar-refractivity contribution < 1.29 is 4.79 Å². The van der Waals surface area contributed by atoms with Crippen molar-refractivity contribution >= 4 is 40.3 Å². The highest BCUT2D eigenvalue weighted by atomic mass is 32.2. The number of nitrogens with zero attached hydrogens (tertiary/aromatic N) is 4. The second kappa shape index (κ2) is 10.2. The van der Waals surface area contributed by atoms with E-state index < -0.39 is 0 Å². The van der Waals surface area contributed by atoms with Crippen LogP contribution >= 0.6 is 11.8 Å². The Bertz CT molecular complexity index is 1080. The normalized spacial score (nSPS) is 18.3. The first-order valence-corrected chi connectivity index (χ1v) is 12.1. The van der Waals surface area contributed by atoms with E-state index >= 15 is 0 Å². The molecule has 0 atom stereocenters. The van der Waals surface area contributed by atoms with Crippen molar-refractivity contribution in [3.05, 3.63) is 48.2 Å². The molecule has 1 fully saturated rings. The number of pyridine rings is 1. The summed E-state index contributed by atoms with van der Waals surface area (Å²) in [5, 5.41) is 8.58. The molecule has 0 saturated heterocycles. The van der Waals surface area contributed by atoms with E-state index in [2.05, 4.69) is 28.6 Å². The monoisotopic (exact) mass is 450 g/mol. The lowest BCUT2D eigenvalue weighted by Gasteiger charge is -2.30. The smallest absolute Gasteiger partial charge is 0.254 e. The minimum absolute atomic E-state index is 0.0288. The highest BCUT2D eigenvalue weighted by Gasteiger charge is 2.24. The molecule has 1 aromatic carbocycles. The SMILES string of the molecule is CCSc1ncccc1C(=O)NC1CCC(Nc2nc(N(C)C)c3ccccc3n2)CC1. The number of fused-ring (bicyclic) bond motifs is 1. The number of thioether (sulfide) groups is 1. The minimum Gasteiger partial charge on any atom is -0.362 e. The molecule has 1 saturated carbocycles. The number of anilines is 2. The lowest BCUT2D eigenvalue weighted by molar-refractivity contribution is 0.0923. The van der Waals surface area contributed by atoms with Gasteiger partial charge >= 0.3 is 0 Å². The van der Waals surface area contributed by atoms with Gasteiger partial charge in [0.25, 0.3) is 5.91 Å². The summed E-state index contributed by atoms with van der Waals surface area (Å²) in [6.45, 7) is 2.07. The first-order valence-electron chi connectivity index (χ1n) is 11.1. The second-order valence-electron chi connectivity index (χ2n) is 8.24. The van der Waals surface area contributed by atoms with Gasteiger partial charge in [-0.3, -0.25) is 4.79 Å². The van der Waals surface area contributed by atoms with E-state index in [1.807, 2.05) is 49.3 Å². The van der Waals surface area contributed by atoms with E-state index in [0.29, 0.717) is 17.6 Å². The number of carbonyl (C=O) groups excluding carboxylic acids is 1. The zero-order chi connectivity index (χ0) is 22.5. The van der Waals surface area contributed by atoms with Crippen LogP contribution in [0.25, 0.3) is 10.9 Å². The molecule has 1 aliphatic rings. The third-order valence-electron chi connectivity index (χ3n) is 5.70. The molecule has 8 heteroatoms. The molecule has 2 heterocycles. The number of para-hydroxylation sites is 1. The second-order valence-corrected chi connectivity index (χ2v) is 9.49. The van der Waals surface area contributed by atoms with Crippen LogP contribution in [0.3, 0.4) is 0 Å². The maximum Gasteiger partial charge on any atom is 0.254 e. The molecule has 4 rings (SSSR count). The van der Waals surface area contributed by atoms with Crippen molar-refractivity contribution in [3.8, 4) is 0 Å². The van der Waals surface area contributed by atoms with Crippen LogP contribution < -0.4 is 15.5 Å². The number of nitrogens with one attached hydrogen (secondary N) is 2. The predicted octanol–water partition coefficient (Wildman–Crippen LogP) is 4.36. The lowest BCUT2D eigenvalue weighted by atomic mass is 9.91. The first kappa shape index (κ1) is 22.3. The van der Waals surface area contributed by atoms with Gasteiger partial charge in [-0.2, -0.15) is 4.98 Å². The molecule has 32 heavy (non-hydrogen) atoms. The molecular formula is C24H30N6OS. The number of carbonyl (C=O) groups is 1. The fraction of sp³-hybridized carbons (Fsp3) is 0.417. The molecule has 2 aromatic heterocycles. The first-order chi connectivity index (χ1) is 15.5. The Morgan fingerprint density at radius 3 is 2.56 bits per heavy atom. The van der Waals surface area contributed by atoms with Crippen molar-refractivity contribution in [1.29, 1.82) is 0 Å². The Balaban J connectivity index is 1.37. The van der Waals surface area contributed by atoms with Gasteiger partial charge in [0.15, 0.2) is 0 Å². The number of rotatable bonds is 7. The lowest BCUT2D eigenvalue weighted by Crippen LogP contribution is -2.40. The largest absolute Gasteiger partial charge is 0.362 e. The summed E-state index contributed by atoms with van der Waals surface area (Å²) in [7, 11) is 4.00. The van der Waals surface area contributed by atoms with Crippen LogP contribution in [0.2, 0.25) is 0 Å². The molecule has 7 nitrogen and oxygen atoms in total. The summed E-state index contributed by atoms with van der Waals surface area (Å²) < 4.78 is 0. The Hall–Kier alpha value is -2.87. The molecule has 0 spiro atoms. The van der Waals surface area contributed by atoms with Gasteiger partial charge in [-0.25, -0.2) is 9.97 Å². The van der Waals surface area contributed by atoms with Crippen molar-refractivity contribution in [2.75, 3.05) is 30.1 Å². The summed E-state index contributed by atoms with van der Waals surface area (Å²) in [6.07, 6.45) is 5.51. The Morgan fingerprint density at radius 2 is 1.81 bits per heavy atom. The summed E-state index contributed by atoms with van der Waals surface area (Å²) in [4.78, 5) is 28.7. The number of hydrogen-bond donors (Lipinski definition) is 2. The maximum absolute atomic E-state index is 12.8. The molecule has 2 N–H and O–H groups in total. The van der Waals surface area contributed by atoms with Crippen LogP contribution in [-0.4, -0.2) is 52.8 Å². The summed E-state index contributed by atoms with van der Waals surface area (Å²) in [6, 6.07) is 12.2. The van der Waals surface area contributed by atoms with Crippen LogP contribution in [0, 0.1) is 0 Å². The molecule has 0 radical (unpaired) electrons. The van der Waals surface area contributed by atoms with Crippen molar-refractivity contribution in [2.45, 2.75) is 49.7 Å². The third-order valence-corrected chi connectivity index (χ3v) is 6.59. The van der Waals surface area contributed by atoms with E-state index in [4.69, 9.17) is 9.97 Å². The number of hydrogen-bond acceptors (Lipinski definition) is 7. The zero-order valence-electron chi connectivity index (χ0n) is 18.8. The van der Waals surface area contributed by atoms with Crippen LogP contribution in [0.15, 0.2) is 47.6 Å². The van der Waals surface area contributed by atoms with Gasteiger partial charge in [0.1, 0.15) is 10.8 Å². The molecule has 0 aliphatic heterocycles. The Morgan fingerprint density at radius 1 is 1.06 bits per heavy atom. The van der Waals surface area contributed by atoms with Crippen molar-refractivity contribution in [2.24, 2.45) is 0 Å². The van der Waals surface area contributed by atoms with Gasteiger partial charge in [0.05, 0.1) is 11.1 Å². The fourth-order valence-corrected chi connectivity index (χ4v) is 4.83. The van der Waals surface area contributed by atoms with Gasteiger partial charge in [0.2, 0.25) is 5.95 Å². The molecule has 168 valence electrons. The summed E-state index contributed by atoms with van der Waals surface area (Å²) in [5.41, 5.74) is 1.60. The average Bonchev–Trinajstić information content (AvgIpc) is 2.80. The van der Waals surface area contributed by atoms with Gasteiger partial charge < -0.3 is 15.5 Å². The maximum atomic E-state index is 12.8. The Kier molecular flexibility index (Phi) is 7.09. The third kappa shape index (κ3) is 5.12. The summed E-state index contributed by atoms with van der Waals surface area (Å²) >= 11 is 1.60. The minimum atomic E-state index is -0.0288. The standard InChI is InChI=1S/C24H30N6OS/c1-4-32-23-19(9-7-15-25-23)22(31)26-16-11-13-17(14-12-16)27-24-28-20-10-6-5-8-18(20)21(29-24)30(2)3/h5-10,15-17H,4,11-14H2,1-3H3,(H,26,31)(H,27,28,29). The van der Waals surface area contributed by atoms with Crippen LogP contribution in [0.1, 0.15) is 43.0 Å². The molecular weight excluding hydrogens is 420 g/mol. The van der Waals surface area contributed by atoms with E-state index in [0.717, 1.165) is 53.2 Å². The van der Waals surface area contributed by atoms with Gasteiger partial charge in [0, 0.05) is 37.8 Å². The van der Waals surface area contributed by atoms with Gasteiger partial charge in [-0.1, -0.05) is 19.1 Å². The van der Waals surface area contributed by atoms with E-state index in [9.17, 15) is 4.79 Å². The van der Waals surface area contributed by atoms with E-state index in [1.54, 1.807) is 18.0 Å². The van der Waals surface area contributed by atoms with Crippen molar-refractivity contribution in [3.63, 3.8) is 0 Å². The number of aromatic nitrogens is 3. The fourth-order valence-electron chi connectivity index (χ4n) is 4.11. The zero-order valence-corrected chi connectivity index (χ0v) is 19.7. The highest BCUT2D eigenvalue weighted by molar-refractivity contribution is 7.99. The number of amides is 1. The molecule has 1 amide bonds. The molecule has 0 bridgehead atoms. The van der Waals surface area contributed by atoms with Crippen LogP contribution in [0.4, 0.5) is 11.8 Å². The Labute approximate surface area is 193 Å². The topological polar surface area (TPSA) is 83.0 Å². The van der Waals surface area contributed by atoms with Crippen LogP contribution in [0.5, 0.6) is 0 Å². The molecule has 0 unspecified atom stereocenters. The van der Waals surface area contributed by atoms with E-state index in [1.165, 1.54) is 0 Å². The average molecular weight is 451 g/mol. The van der Waals surface area contributed by atoms with Gasteiger partial charge in [-0.05, 0) is 55.7 Å². The molecule has 1 aliphatic carbocycles. The summed E-state index contributed by atoms with van der Waals surface area (Å²) in [5.74, 6) is 2.44. The number of benzene rings is 1.